The summed E-state index contributed by atoms with van der Waals surface area (Å²) in [7, 11) is -5.12. The Bertz CT molecular complexity index is 1190. The first-order chi connectivity index (χ1) is 28.9. The van der Waals surface area contributed by atoms with Gasteiger partial charge in [-0.15, -0.1) is 0 Å². The number of rotatable bonds is 40. The molecular formula is C46H87NO12S. The van der Waals surface area contributed by atoms with Gasteiger partial charge in [0.15, 0.2) is 6.29 Å². The average Bonchev–Trinajstić information content (AvgIpc) is 3.22. The number of carbonyl (C=O) groups excluding carboxylic acids is 1. The van der Waals surface area contributed by atoms with Crippen LogP contribution in [0.5, 0.6) is 0 Å². The van der Waals surface area contributed by atoms with Crippen molar-refractivity contribution in [3.05, 3.63) is 24.3 Å². The van der Waals surface area contributed by atoms with Crippen LogP contribution in [-0.4, -0.2) is 107 Å². The van der Waals surface area contributed by atoms with E-state index in [1.54, 1.807) is 6.08 Å². The number of aliphatic hydroxyl groups is 5. The monoisotopic (exact) mass is 878 g/mol. The lowest BCUT2D eigenvalue weighted by molar-refractivity contribution is -0.298. The summed E-state index contributed by atoms with van der Waals surface area (Å²) < 4.78 is 47.5. The molecule has 1 rings (SSSR count). The first kappa shape index (κ1) is 56.6. The largest absolute Gasteiger partial charge is 0.397 e. The molecule has 1 amide bonds. The summed E-state index contributed by atoms with van der Waals surface area (Å²) in [5.74, 6) is -0.711. The van der Waals surface area contributed by atoms with Crippen molar-refractivity contribution >= 4 is 16.3 Å². The van der Waals surface area contributed by atoms with Crippen molar-refractivity contribution in [1.29, 1.82) is 0 Å². The summed E-state index contributed by atoms with van der Waals surface area (Å²) in [6, 6.07) is -1.13. The van der Waals surface area contributed by atoms with Crippen LogP contribution in [-0.2, 0) is 28.9 Å². The van der Waals surface area contributed by atoms with Crippen LogP contribution in [0.15, 0.2) is 24.3 Å². The van der Waals surface area contributed by atoms with E-state index in [9.17, 15) is 43.3 Å². The van der Waals surface area contributed by atoms with Crippen molar-refractivity contribution in [1.82, 2.24) is 5.32 Å². The Kier molecular flexibility index (Phi) is 34.8. The van der Waals surface area contributed by atoms with Crippen molar-refractivity contribution in [3.63, 3.8) is 0 Å². The maximum absolute atomic E-state index is 13.1. The van der Waals surface area contributed by atoms with E-state index >= 15 is 0 Å². The van der Waals surface area contributed by atoms with Gasteiger partial charge in [0.05, 0.1) is 25.4 Å². The molecule has 1 saturated heterocycles. The highest BCUT2D eigenvalue weighted by Crippen LogP contribution is 2.26. The summed E-state index contributed by atoms with van der Waals surface area (Å²) in [4.78, 5) is 13.1. The normalized spacial score (nSPS) is 21.5. The van der Waals surface area contributed by atoms with Gasteiger partial charge in [0.1, 0.15) is 30.5 Å². The van der Waals surface area contributed by atoms with Gasteiger partial charge in [0.2, 0.25) is 5.91 Å². The highest BCUT2D eigenvalue weighted by atomic mass is 32.3. The molecule has 0 bridgehead atoms. The molecule has 1 fully saturated rings. The molecule has 0 saturated carbocycles. The van der Waals surface area contributed by atoms with Crippen LogP contribution in [0.25, 0.3) is 0 Å². The first-order valence-electron chi connectivity index (χ1n) is 23.8. The molecule has 14 heteroatoms. The fourth-order valence-electron chi connectivity index (χ4n) is 7.54. The molecule has 1 aliphatic heterocycles. The molecule has 8 atom stereocenters. The number of hydrogen-bond acceptors (Lipinski definition) is 11. The Morgan fingerprint density at radius 2 is 1.12 bits per heavy atom. The van der Waals surface area contributed by atoms with Crippen LogP contribution in [0.4, 0.5) is 0 Å². The highest BCUT2D eigenvalue weighted by Gasteiger charge is 2.48. The fraction of sp³-hybridized carbons (Fsp3) is 0.891. The van der Waals surface area contributed by atoms with Crippen LogP contribution < -0.4 is 5.32 Å². The highest BCUT2D eigenvalue weighted by molar-refractivity contribution is 7.80. The lowest BCUT2D eigenvalue weighted by atomic mass is 9.99. The second-order valence-corrected chi connectivity index (χ2v) is 17.9. The number of aliphatic hydroxyl groups excluding tert-OH is 5. The first-order valence-corrected chi connectivity index (χ1v) is 25.2. The summed E-state index contributed by atoms with van der Waals surface area (Å²) >= 11 is 0. The minimum atomic E-state index is -5.12. The zero-order chi connectivity index (χ0) is 44.3. The van der Waals surface area contributed by atoms with Crippen molar-refractivity contribution in [2.45, 2.75) is 249 Å². The molecular weight excluding hydrogens is 791 g/mol. The van der Waals surface area contributed by atoms with Crippen molar-refractivity contribution < 1.29 is 57.0 Å². The number of carbonyl (C=O) groups is 1. The van der Waals surface area contributed by atoms with Crippen LogP contribution in [0.3, 0.4) is 0 Å². The van der Waals surface area contributed by atoms with E-state index in [1.165, 1.54) is 134 Å². The fourth-order valence-corrected chi connectivity index (χ4v) is 8.04. The molecule has 354 valence electrons. The third-order valence-corrected chi connectivity index (χ3v) is 11.8. The van der Waals surface area contributed by atoms with Crippen LogP contribution in [0.2, 0.25) is 0 Å². The molecule has 0 aromatic rings. The average molecular weight is 878 g/mol. The number of amides is 1. The molecule has 60 heavy (non-hydrogen) atoms. The maximum atomic E-state index is 13.1. The summed E-state index contributed by atoms with van der Waals surface area (Å²) in [5.41, 5.74) is 0. The molecule has 0 radical (unpaired) electrons. The Labute approximate surface area is 364 Å². The molecule has 0 aliphatic carbocycles. The topological polar surface area (TPSA) is 212 Å². The predicted molar refractivity (Wildman–Crippen MR) is 238 cm³/mol. The van der Waals surface area contributed by atoms with Crippen LogP contribution in [0.1, 0.15) is 200 Å². The molecule has 1 aliphatic rings. The van der Waals surface area contributed by atoms with E-state index < -0.39 is 78.5 Å². The van der Waals surface area contributed by atoms with Gasteiger partial charge >= 0.3 is 10.4 Å². The molecule has 8 unspecified atom stereocenters. The molecule has 0 aromatic heterocycles. The Hall–Kier alpha value is -1.46. The van der Waals surface area contributed by atoms with Crippen LogP contribution in [0, 0.1) is 0 Å². The predicted octanol–water partition coefficient (Wildman–Crippen LogP) is 8.30. The second-order valence-electron chi connectivity index (χ2n) is 16.8. The van der Waals surface area contributed by atoms with Gasteiger partial charge in [-0.05, 0) is 32.1 Å². The summed E-state index contributed by atoms with van der Waals surface area (Å²) in [6.07, 6.45) is 29.8. The second kappa shape index (κ2) is 37.0. The number of nitrogens with one attached hydrogen (secondary N) is 1. The summed E-state index contributed by atoms with van der Waals surface area (Å²) in [6.45, 7) is 3.20. The third-order valence-electron chi connectivity index (χ3n) is 11.3. The smallest absolute Gasteiger partial charge is 0.394 e. The van der Waals surface area contributed by atoms with E-state index in [1.807, 2.05) is 0 Å². The quantitative estimate of drug-likeness (QED) is 0.0176. The molecule has 0 aromatic carbocycles. The zero-order valence-corrected chi connectivity index (χ0v) is 38.2. The molecule has 13 nitrogen and oxygen atoms in total. The van der Waals surface area contributed by atoms with Crippen LogP contribution >= 0.6 is 0 Å². The van der Waals surface area contributed by atoms with E-state index in [2.05, 4.69) is 35.5 Å². The van der Waals surface area contributed by atoms with Gasteiger partial charge in [-0.1, -0.05) is 192 Å². The van der Waals surface area contributed by atoms with E-state index in [0.29, 0.717) is 12.8 Å². The lowest BCUT2D eigenvalue weighted by Gasteiger charge is -2.41. The Balaban J connectivity index is 2.60. The van der Waals surface area contributed by atoms with E-state index in [4.69, 9.17) is 9.47 Å². The molecule has 7 N–H and O–H groups in total. The van der Waals surface area contributed by atoms with Gasteiger partial charge in [-0.25, -0.2) is 4.18 Å². The van der Waals surface area contributed by atoms with Crippen molar-refractivity contribution in [2.75, 3.05) is 13.2 Å². The SMILES string of the molecule is CCCCCCCCCCCCCC/C=C/CC/C=C/C(O)C(COC1OC(CO)C(O)C(OS(=O)(=O)O)C1O)NC(=O)C(O)CCCCCCCCCCCCCCC. The number of hydrogen-bond donors (Lipinski definition) is 7. The lowest BCUT2D eigenvalue weighted by Crippen LogP contribution is -2.61. The van der Waals surface area contributed by atoms with E-state index in [0.717, 1.165) is 38.5 Å². The van der Waals surface area contributed by atoms with Gasteiger partial charge < -0.3 is 40.3 Å². The van der Waals surface area contributed by atoms with Crippen molar-refractivity contribution in [2.24, 2.45) is 0 Å². The number of allylic oxidation sites excluding steroid dienone is 3. The minimum absolute atomic E-state index is 0.240. The Morgan fingerprint density at radius 1 is 0.667 bits per heavy atom. The Morgan fingerprint density at radius 3 is 1.60 bits per heavy atom. The zero-order valence-electron chi connectivity index (χ0n) is 37.4. The molecule has 0 spiro atoms. The standard InChI is InChI=1S/C46H87NO12S/c1-3-5-7-9-11-13-15-17-18-19-20-21-23-24-26-28-30-32-34-39(49)38(37-57-46-43(52)44(59-60(54,55)56)42(51)41(36-48)58-46)47-45(53)40(50)35-33-31-29-27-25-22-16-14-12-10-8-6-4-2/h24,26,32,34,38-44,46,48-52H,3-23,25,27-31,33,35-37H2,1-2H3,(H,47,53)(H,54,55,56)/b26-24+,34-32+. The maximum Gasteiger partial charge on any atom is 0.397 e. The third kappa shape index (κ3) is 29.0. The number of unbranched alkanes of at least 4 members (excludes halogenated alkanes) is 25. The summed E-state index contributed by atoms with van der Waals surface area (Å²) in [5, 5.41) is 55.2. The van der Waals surface area contributed by atoms with Gasteiger partial charge in [-0.2, -0.15) is 8.42 Å². The van der Waals surface area contributed by atoms with Gasteiger partial charge in [0, 0.05) is 0 Å². The van der Waals surface area contributed by atoms with Gasteiger partial charge in [-0.3, -0.25) is 9.35 Å². The van der Waals surface area contributed by atoms with Gasteiger partial charge in [0.25, 0.3) is 0 Å². The van der Waals surface area contributed by atoms with Crippen molar-refractivity contribution in [3.8, 4) is 0 Å². The minimum Gasteiger partial charge on any atom is -0.394 e. The number of ether oxygens (including phenoxy) is 2. The molecule has 1 heterocycles. The van der Waals surface area contributed by atoms with E-state index in [-0.39, 0.29) is 6.42 Å².